The molecule has 0 spiro atoms. The van der Waals surface area contributed by atoms with E-state index in [0.717, 1.165) is 0 Å². The zero-order chi connectivity index (χ0) is 21.6. The summed E-state index contributed by atoms with van der Waals surface area (Å²) in [4.78, 5) is 30.9. The van der Waals surface area contributed by atoms with Crippen LogP contribution in [0.15, 0.2) is 27.8 Å². The molecule has 0 bridgehead atoms. The van der Waals surface area contributed by atoms with Crippen LogP contribution in [0.5, 0.6) is 0 Å². The van der Waals surface area contributed by atoms with Crippen molar-refractivity contribution in [2.45, 2.75) is 5.92 Å². The normalized spacial score (nSPS) is 11.2. The molecule has 12 heteroatoms. The highest BCUT2D eigenvalue weighted by Crippen LogP contribution is 2.38. The molecule has 0 radical (unpaired) electrons. The van der Waals surface area contributed by atoms with Crippen LogP contribution in [-0.4, -0.2) is 19.1 Å². The second kappa shape index (κ2) is 7.79. The zero-order valence-corrected chi connectivity index (χ0v) is 18.4. The molecule has 8 nitrogen and oxygen atoms in total. The minimum atomic E-state index is -1.00. The Kier molecular flexibility index (Phi) is 5.72. The molecular formula is C17H16Cl2N6O2S2. The summed E-state index contributed by atoms with van der Waals surface area (Å²) >= 11 is 22.7. The number of halogens is 2. The van der Waals surface area contributed by atoms with Crippen LogP contribution >= 0.6 is 47.6 Å². The monoisotopic (exact) mass is 470 g/mol. The number of H-pyrrole nitrogens is 2. The van der Waals surface area contributed by atoms with Gasteiger partial charge >= 0.3 is 0 Å². The molecule has 1 aromatic carbocycles. The van der Waals surface area contributed by atoms with Gasteiger partial charge in [-0.1, -0.05) is 29.3 Å². The highest BCUT2D eigenvalue weighted by molar-refractivity contribution is 7.71. The van der Waals surface area contributed by atoms with Crippen molar-refractivity contribution < 1.29 is 0 Å². The van der Waals surface area contributed by atoms with Crippen LogP contribution in [0.3, 0.4) is 0 Å². The van der Waals surface area contributed by atoms with Crippen molar-refractivity contribution in [2.24, 2.45) is 14.1 Å². The largest absolute Gasteiger partial charge is 0.385 e. The Labute approximate surface area is 184 Å². The molecule has 0 aliphatic carbocycles. The molecule has 0 atom stereocenters. The minimum absolute atomic E-state index is 0.0682. The number of hydrogen-bond acceptors (Lipinski definition) is 6. The maximum absolute atomic E-state index is 12.9. The summed E-state index contributed by atoms with van der Waals surface area (Å²) in [5.74, 6) is -0.867. The topological polar surface area (TPSA) is 128 Å². The maximum Gasteiger partial charge on any atom is 0.257 e. The third-order valence-corrected chi connectivity index (χ3v) is 5.98. The molecule has 0 fully saturated rings. The number of nitrogens with one attached hydrogen (secondary N) is 2. The second-order valence-corrected chi connectivity index (χ2v) is 7.95. The van der Waals surface area contributed by atoms with Gasteiger partial charge in [-0.25, -0.2) is 0 Å². The molecule has 3 aromatic rings. The average molecular weight is 471 g/mol. The molecular weight excluding hydrogens is 455 g/mol. The Morgan fingerprint density at radius 1 is 0.931 bits per heavy atom. The lowest BCUT2D eigenvalue weighted by Gasteiger charge is -2.23. The van der Waals surface area contributed by atoms with Crippen molar-refractivity contribution in [3.05, 3.63) is 75.2 Å². The first-order chi connectivity index (χ1) is 13.5. The fraction of sp³-hybridized carbons (Fsp3) is 0.176. The number of hydrogen-bond donors (Lipinski definition) is 4. The van der Waals surface area contributed by atoms with Crippen molar-refractivity contribution in [1.29, 1.82) is 0 Å². The van der Waals surface area contributed by atoms with E-state index in [1.807, 2.05) is 0 Å². The first-order valence-electron chi connectivity index (χ1n) is 8.16. The summed E-state index contributed by atoms with van der Waals surface area (Å²) in [7, 11) is 3.19. The lowest BCUT2D eigenvalue weighted by atomic mass is 9.86. The summed E-state index contributed by atoms with van der Waals surface area (Å²) in [5.41, 5.74) is 11.9. The fourth-order valence-corrected chi connectivity index (χ4v) is 3.96. The fourth-order valence-electron chi connectivity index (χ4n) is 3.06. The smallest absolute Gasteiger partial charge is 0.257 e. The second-order valence-electron chi connectivity index (χ2n) is 6.33. The summed E-state index contributed by atoms with van der Waals surface area (Å²) < 4.78 is 3.11. The van der Waals surface area contributed by atoms with Crippen LogP contribution in [0.25, 0.3) is 0 Å². The zero-order valence-electron chi connectivity index (χ0n) is 15.2. The predicted molar refractivity (Wildman–Crippen MR) is 120 cm³/mol. The average Bonchev–Trinajstić information content (AvgIpc) is 2.63. The van der Waals surface area contributed by atoms with E-state index in [4.69, 9.17) is 59.1 Å². The van der Waals surface area contributed by atoms with E-state index in [1.54, 1.807) is 26.2 Å². The molecule has 29 heavy (non-hydrogen) atoms. The first kappa shape index (κ1) is 21.3. The molecule has 0 saturated carbocycles. The molecule has 0 aliphatic rings. The van der Waals surface area contributed by atoms with E-state index < -0.39 is 17.0 Å². The third-order valence-electron chi connectivity index (χ3n) is 4.66. The summed E-state index contributed by atoms with van der Waals surface area (Å²) in [5, 5.41) is 0.620. The van der Waals surface area contributed by atoms with Gasteiger partial charge in [-0.2, -0.15) is 0 Å². The number of anilines is 2. The van der Waals surface area contributed by atoms with Gasteiger partial charge in [0.1, 0.15) is 11.6 Å². The van der Waals surface area contributed by atoms with E-state index in [0.29, 0.717) is 10.6 Å². The van der Waals surface area contributed by atoms with Crippen LogP contribution in [0, 0.1) is 9.54 Å². The number of nitrogens with two attached hydrogens (primary N) is 2. The van der Waals surface area contributed by atoms with Gasteiger partial charge < -0.3 is 20.6 Å². The number of aromatic nitrogens is 4. The van der Waals surface area contributed by atoms with Crippen LogP contribution in [0.4, 0.5) is 11.6 Å². The molecule has 0 amide bonds. The lowest BCUT2D eigenvalue weighted by molar-refractivity contribution is 0.778. The van der Waals surface area contributed by atoms with Gasteiger partial charge in [0.05, 0.1) is 17.0 Å². The van der Waals surface area contributed by atoms with Crippen molar-refractivity contribution in [2.75, 3.05) is 11.5 Å². The maximum atomic E-state index is 12.9. The molecule has 3 rings (SSSR count). The van der Waals surface area contributed by atoms with Crippen LogP contribution in [0.2, 0.25) is 10.0 Å². The number of nitrogens with zero attached hydrogens (tertiary/aromatic N) is 2. The molecule has 2 aromatic heterocycles. The molecule has 152 valence electrons. The summed E-state index contributed by atoms with van der Waals surface area (Å²) in [6.07, 6.45) is 0. The Balaban J connectivity index is 2.54. The number of rotatable bonds is 3. The predicted octanol–water partition coefficient (Wildman–Crippen LogP) is 2.85. The van der Waals surface area contributed by atoms with Gasteiger partial charge in [0.2, 0.25) is 0 Å². The van der Waals surface area contributed by atoms with Crippen molar-refractivity contribution in [3.63, 3.8) is 0 Å². The molecule has 0 aliphatic heterocycles. The van der Waals surface area contributed by atoms with Crippen molar-refractivity contribution >= 4 is 59.3 Å². The SMILES string of the molecule is Cn1c(N)c(C(c2ccc(Cl)cc2Cl)c2c(N)n(C)c(=S)[nH]c2=O)c(=O)[nH]c1=S. The molecule has 0 unspecified atom stereocenters. The van der Waals surface area contributed by atoms with E-state index >= 15 is 0 Å². The Morgan fingerprint density at radius 3 is 1.79 bits per heavy atom. The van der Waals surface area contributed by atoms with Gasteiger partial charge in [0.15, 0.2) is 9.54 Å². The standard InChI is InChI=1S/C17H16Cl2N6O2S2/c1-24-12(20)10(14(26)22-16(24)28)9(7-4-3-6(18)5-8(7)19)11-13(21)25(2)17(29)23-15(11)27/h3-5,9H,20-21H2,1-2H3,(H,22,26,28)(H,23,27,29). The van der Waals surface area contributed by atoms with Gasteiger partial charge in [-0.3, -0.25) is 19.6 Å². The number of nitrogen functional groups attached to an aromatic ring is 2. The Bertz CT molecular complexity index is 1290. The molecule has 2 heterocycles. The summed E-state index contributed by atoms with van der Waals surface area (Å²) in [6, 6.07) is 4.70. The van der Waals surface area contributed by atoms with Crippen molar-refractivity contribution in [3.8, 4) is 0 Å². The molecule has 0 saturated heterocycles. The number of aromatic amines is 2. The van der Waals surface area contributed by atoms with Gasteiger partial charge in [0.25, 0.3) is 11.1 Å². The number of benzene rings is 1. The van der Waals surface area contributed by atoms with E-state index in [1.165, 1.54) is 15.2 Å². The van der Waals surface area contributed by atoms with Crippen LogP contribution in [-0.2, 0) is 14.1 Å². The first-order valence-corrected chi connectivity index (χ1v) is 9.74. The highest BCUT2D eigenvalue weighted by Gasteiger charge is 2.30. The minimum Gasteiger partial charge on any atom is -0.385 e. The van der Waals surface area contributed by atoms with E-state index in [2.05, 4.69) is 9.97 Å². The van der Waals surface area contributed by atoms with Gasteiger partial charge in [0, 0.05) is 24.1 Å². The van der Waals surface area contributed by atoms with Gasteiger partial charge in [-0.15, -0.1) is 0 Å². The lowest BCUT2D eigenvalue weighted by Crippen LogP contribution is -2.30. The van der Waals surface area contributed by atoms with Crippen LogP contribution in [0.1, 0.15) is 22.6 Å². The summed E-state index contributed by atoms with van der Waals surface area (Å²) in [6.45, 7) is 0. The van der Waals surface area contributed by atoms with Crippen LogP contribution < -0.4 is 22.6 Å². The van der Waals surface area contributed by atoms with E-state index in [-0.39, 0.29) is 37.3 Å². The Hall–Kier alpha value is -2.40. The van der Waals surface area contributed by atoms with E-state index in [9.17, 15) is 9.59 Å². The molecule has 6 N–H and O–H groups in total. The highest BCUT2D eigenvalue weighted by atomic mass is 35.5. The van der Waals surface area contributed by atoms with Gasteiger partial charge in [-0.05, 0) is 42.1 Å². The Morgan fingerprint density at radius 2 is 1.38 bits per heavy atom. The third kappa shape index (κ3) is 3.64. The quantitative estimate of drug-likeness (QED) is 0.435. The van der Waals surface area contributed by atoms with Crippen molar-refractivity contribution in [1.82, 2.24) is 19.1 Å².